The molecular weight excluding hydrogens is 384 g/mol. The predicted molar refractivity (Wildman–Crippen MR) is 119 cm³/mol. The van der Waals surface area contributed by atoms with Crippen LogP contribution in [0.3, 0.4) is 0 Å². The molecule has 170 valence electrons. The number of amides is 4. The Morgan fingerprint density at radius 3 is 1.20 bits per heavy atom. The summed E-state index contributed by atoms with van der Waals surface area (Å²) in [7, 11) is 0. The largest absolute Gasteiger partial charge is 0.356 e. The van der Waals surface area contributed by atoms with E-state index in [1.807, 2.05) is 0 Å². The van der Waals surface area contributed by atoms with E-state index >= 15 is 0 Å². The van der Waals surface area contributed by atoms with E-state index in [0.29, 0.717) is 39.0 Å². The molecule has 8 nitrogen and oxygen atoms in total. The van der Waals surface area contributed by atoms with Crippen molar-refractivity contribution in [1.82, 2.24) is 21.3 Å². The van der Waals surface area contributed by atoms with Crippen LogP contribution >= 0.6 is 0 Å². The minimum Gasteiger partial charge on any atom is -0.356 e. The minimum atomic E-state index is -0.171. The van der Waals surface area contributed by atoms with E-state index in [9.17, 15) is 19.2 Å². The van der Waals surface area contributed by atoms with Gasteiger partial charge in [0, 0.05) is 39.0 Å². The molecule has 0 saturated heterocycles. The first-order valence-corrected chi connectivity index (χ1v) is 10.8. The number of hydrogen-bond donors (Lipinski definition) is 4. The maximum absolute atomic E-state index is 11.7. The van der Waals surface area contributed by atoms with Crippen molar-refractivity contribution in [3.63, 3.8) is 0 Å². The van der Waals surface area contributed by atoms with Crippen LogP contribution in [0, 0.1) is 0 Å². The van der Waals surface area contributed by atoms with E-state index in [4.69, 9.17) is 0 Å². The summed E-state index contributed by atoms with van der Waals surface area (Å²) in [6.07, 6.45) is 10.2. The van der Waals surface area contributed by atoms with E-state index < -0.39 is 0 Å². The van der Waals surface area contributed by atoms with Gasteiger partial charge in [-0.1, -0.05) is 26.0 Å². The van der Waals surface area contributed by atoms with Gasteiger partial charge >= 0.3 is 0 Å². The van der Waals surface area contributed by atoms with Crippen LogP contribution in [0.2, 0.25) is 0 Å². The topological polar surface area (TPSA) is 116 Å². The fraction of sp³-hybridized carbons (Fsp3) is 0.636. The Balaban J connectivity index is 3.38. The lowest BCUT2D eigenvalue weighted by atomic mass is 10.2. The Kier molecular flexibility index (Phi) is 17.9. The molecular formula is C22H38N4O4. The average Bonchev–Trinajstić information content (AvgIpc) is 2.74. The highest BCUT2D eigenvalue weighted by molar-refractivity contribution is 5.87. The highest BCUT2D eigenvalue weighted by Crippen LogP contribution is 2.00. The number of nitrogens with one attached hydrogen (secondary N) is 4. The SMILES string of the molecule is C=CC(=O)NCCCCCC(=O)NCCCCNC(=O)CCCCCNC(=O)C=C. The number of hydrogen-bond acceptors (Lipinski definition) is 4. The zero-order valence-corrected chi connectivity index (χ0v) is 18.1. The van der Waals surface area contributed by atoms with Crippen molar-refractivity contribution in [2.24, 2.45) is 0 Å². The Labute approximate surface area is 180 Å². The molecule has 0 saturated carbocycles. The molecule has 4 N–H and O–H groups in total. The molecule has 0 spiro atoms. The van der Waals surface area contributed by atoms with Gasteiger partial charge in [-0.25, -0.2) is 0 Å². The molecule has 0 atom stereocenters. The van der Waals surface area contributed by atoms with Gasteiger partial charge in [-0.15, -0.1) is 0 Å². The third-order valence-corrected chi connectivity index (χ3v) is 4.38. The number of rotatable bonds is 19. The molecule has 0 aliphatic carbocycles. The van der Waals surface area contributed by atoms with Crippen molar-refractivity contribution in [2.75, 3.05) is 26.2 Å². The molecule has 0 aliphatic rings. The zero-order chi connectivity index (χ0) is 22.5. The average molecular weight is 423 g/mol. The van der Waals surface area contributed by atoms with Gasteiger partial charge in [0.1, 0.15) is 0 Å². The van der Waals surface area contributed by atoms with Crippen LogP contribution in [-0.2, 0) is 19.2 Å². The van der Waals surface area contributed by atoms with Crippen LogP contribution in [0.25, 0.3) is 0 Å². The summed E-state index contributed by atoms with van der Waals surface area (Å²) in [6.45, 7) is 9.20. The van der Waals surface area contributed by atoms with Gasteiger partial charge in [-0.05, 0) is 50.7 Å². The summed E-state index contributed by atoms with van der Waals surface area (Å²) in [5, 5.41) is 11.2. The van der Waals surface area contributed by atoms with Gasteiger partial charge in [0.2, 0.25) is 23.6 Å². The van der Waals surface area contributed by atoms with Gasteiger partial charge in [-0.2, -0.15) is 0 Å². The second-order valence-electron chi connectivity index (χ2n) is 7.02. The first kappa shape index (κ1) is 27.4. The third-order valence-electron chi connectivity index (χ3n) is 4.38. The van der Waals surface area contributed by atoms with Crippen LogP contribution in [0.15, 0.2) is 25.3 Å². The van der Waals surface area contributed by atoms with Crippen molar-refractivity contribution in [2.45, 2.75) is 64.2 Å². The fourth-order valence-electron chi connectivity index (χ4n) is 2.62. The van der Waals surface area contributed by atoms with Gasteiger partial charge < -0.3 is 21.3 Å². The molecule has 0 bridgehead atoms. The monoisotopic (exact) mass is 422 g/mol. The van der Waals surface area contributed by atoms with E-state index in [2.05, 4.69) is 34.4 Å². The second-order valence-corrected chi connectivity index (χ2v) is 7.02. The number of carbonyl (C=O) groups excluding carboxylic acids is 4. The Hall–Kier alpha value is -2.64. The van der Waals surface area contributed by atoms with Crippen molar-refractivity contribution in [3.8, 4) is 0 Å². The lowest BCUT2D eigenvalue weighted by Gasteiger charge is -2.07. The Morgan fingerprint density at radius 2 is 0.833 bits per heavy atom. The van der Waals surface area contributed by atoms with Crippen LogP contribution in [0.5, 0.6) is 0 Å². The zero-order valence-electron chi connectivity index (χ0n) is 18.1. The minimum absolute atomic E-state index is 0.0402. The van der Waals surface area contributed by atoms with Gasteiger partial charge in [-0.3, -0.25) is 19.2 Å². The van der Waals surface area contributed by atoms with Crippen LogP contribution < -0.4 is 21.3 Å². The van der Waals surface area contributed by atoms with Crippen LogP contribution in [0.1, 0.15) is 64.2 Å². The molecule has 0 rings (SSSR count). The first-order chi connectivity index (χ1) is 14.5. The summed E-state index contributed by atoms with van der Waals surface area (Å²) in [5.74, 6) is -0.262. The van der Waals surface area contributed by atoms with Crippen LogP contribution in [-0.4, -0.2) is 49.8 Å². The van der Waals surface area contributed by atoms with E-state index in [1.54, 1.807) is 0 Å². The van der Waals surface area contributed by atoms with E-state index in [-0.39, 0.29) is 23.6 Å². The summed E-state index contributed by atoms with van der Waals surface area (Å²) in [6, 6.07) is 0. The smallest absolute Gasteiger partial charge is 0.243 e. The molecule has 0 heterocycles. The van der Waals surface area contributed by atoms with Gasteiger partial charge in [0.25, 0.3) is 0 Å². The molecule has 0 unspecified atom stereocenters. The summed E-state index contributed by atoms with van der Waals surface area (Å²) < 4.78 is 0. The van der Waals surface area contributed by atoms with E-state index in [0.717, 1.165) is 51.4 Å². The molecule has 4 amide bonds. The lowest BCUT2D eigenvalue weighted by molar-refractivity contribution is -0.122. The molecule has 0 aromatic rings. The van der Waals surface area contributed by atoms with Gasteiger partial charge in [0.15, 0.2) is 0 Å². The van der Waals surface area contributed by atoms with Crippen molar-refractivity contribution >= 4 is 23.6 Å². The maximum Gasteiger partial charge on any atom is 0.243 e. The first-order valence-electron chi connectivity index (χ1n) is 10.8. The fourth-order valence-corrected chi connectivity index (χ4v) is 2.62. The van der Waals surface area contributed by atoms with E-state index in [1.165, 1.54) is 12.2 Å². The van der Waals surface area contributed by atoms with Crippen LogP contribution in [0.4, 0.5) is 0 Å². The molecule has 0 aliphatic heterocycles. The third kappa shape index (κ3) is 18.7. The Bertz CT molecular complexity index is 501. The molecule has 30 heavy (non-hydrogen) atoms. The maximum atomic E-state index is 11.7. The van der Waals surface area contributed by atoms with Gasteiger partial charge in [0.05, 0.1) is 0 Å². The molecule has 0 aromatic carbocycles. The summed E-state index contributed by atoms with van der Waals surface area (Å²) in [5.41, 5.74) is 0. The molecule has 0 radical (unpaired) electrons. The molecule has 0 fully saturated rings. The highest BCUT2D eigenvalue weighted by Gasteiger charge is 2.03. The molecule has 8 heteroatoms. The highest BCUT2D eigenvalue weighted by atomic mass is 16.2. The quantitative estimate of drug-likeness (QED) is 0.187. The standard InChI is InChI=1S/C22H38N4O4/c1-3-19(27)23-15-9-5-7-13-21(29)25-17-11-12-18-26-22(30)14-8-6-10-16-24-20(28)4-2/h3-4H,1-2,5-18H2,(H,23,27)(H,24,28)(H,25,29)(H,26,30). The normalized spacial score (nSPS) is 10.0. The number of carbonyl (C=O) groups is 4. The van der Waals surface area contributed by atoms with Crippen molar-refractivity contribution < 1.29 is 19.2 Å². The molecule has 0 aromatic heterocycles. The number of unbranched alkanes of at least 4 members (excludes halogenated alkanes) is 5. The summed E-state index contributed by atoms with van der Waals surface area (Å²) in [4.78, 5) is 45.4. The predicted octanol–water partition coefficient (Wildman–Crippen LogP) is 1.72. The Morgan fingerprint density at radius 1 is 0.500 bits per heavy atom. The van der Waals surface area contributed by atoms with Crippen molar-refractivity contribution in [3.05, 3.63) is 25.3 Å². The second kappa shape index (κ2) is 19.7. The summed E-state index contributed by atoms with van der Waals surface area (Å²) >= 11 is 0. The lowest BCUT2D eigenvalue weighted by Crippen LogP contribution is -2.27. The van der Waals surface area contributed by atoms with Crippen molar-refractivity contribution in [1.29, 1.82) is 0 Å².